The first-order chi connectivity index (χ1) is 11.1. The van der Waals surface area contributed by atoms with Crippen LogP contribution in [0.25, 0.3) is 0 Å². The van der Waals surface area contributed by atoms with E-state index in [1.165, 1.54) is 0 Å². The van der Waals surface area contributed by atoms with Crippen molar-refractivity contribution in [3.8, 4) is 0 Å². The molecular formula is C18H30N2O3. The minimum Gasteiger partial charge on any atom is -0.382 e. The fraction of sp³-hybridized carbons (Fsp3) is 0.611. The molecule has 23 heavy (non-hydrogen) atoms. The van der Waals surface area contributed by atoms with Gasteiger partial charge in [-0.2, -0.15) is 0 Å². The van der Waals surface area contributed by atoms with Gasteiger partial charge in [-0.25, -0.2) is 0 Å². The Morgan fingerprint density at radius 1 is 1.17 bits per heavy atom. The Bertz CT molecular complexity index is 446. The average Bonchev–Trinajstić information content (AvgIpc) is 2.55. The number of ether oxygens (including phenoxy) is 2. The number of hydrogen-bond donors (Lipinski definition) is 1. The van der Waals surface area contributed by atoms with E-state index in [2.05, 4.69) is 31.0 Å². The molecule has 0 aliphatic heterocycles. The van der Waals surface area contributed by atoms with Crippen molar-refractivity contribution >= 4 is 11.6 Å². The molecule has 1 aromatic rings. The highest BCUT2D eigenvalue weighted by molar-refractivity contribution is 5.94. The van der Waals surface area contributed by atoms with Crippen LogP contribution in [0.4, 0.5) is 5.69 Å². The van der Waals surface area contributed by atoms with Crippen LogP contribution < -0.4 is 10.2 Å². The van der Waals surface area contributed by atoms with Crippen LogP contribution in [0.2, 0.25) is 0 Å². The normalized spacial score (nSPS) is 10.8. The number of hydrogen-bond acceptors (Lipinski definition) is 4. The smallest absolute Gasteiger partial charge is 0.251 e. The van der Waals surface area contributed by atoms with E-state index in [4.69, 9.17) is 9.47 Å². The summed E-state index contributed by atoms with van der Waals surface area (Å²) in [4.78, 5) is 14.4. The van der Waals surface area contributed by atoms with Gasteiger partial charge in [0.05, 0.1) is 13.2 Å². The van der Waals surface area contributed by atoms with E-state index in [-0.39, 0.29) is 5.91 Å². The molecule has 0 saturated heterocycles. The van der Waals surface area contributed by atoms with Crippen LogP contribution >= 0.6 is 0 Å². The Hall–Kier alpha value is -1.59. The summed E-state index contributed by atoms with van der Waals surface area (Å²) in [5.41, 5.74) is 1.83. The lowest BCUT2D eigenvalue weighted by atomic mass is 10.1. The first kappa shape index (κ1) is 19.5. The van der Waals surface area contributed by atoms with Crippen LogP contribution in [0.15, 0.2) is 24.3 Å². The molecule has 5 nitrogen and oxygen atoms in total. The molecule has 0 atom stereocenters. The standard InChI is InChI=1S/C18H30N2O3/c1-5-20(15(2)3)17-9-7-16(8-10-17)18(21)19-11-6-12-23-14-13-22-4/h7-10,15H,5-6,11-14H2,1-4H3,(H,19,21). The predicted molar refractivity (Wildman–Crippen MR) is 94.2 cm³/mol. The van der Waals surface area contributed by atoms with Gasteiger partial charge in [0.1, 0.15) is 0 Å². The second kappa shape index (κ2) is 11.0. The van der Waals surface area contributed by atoms with Gasteiger partial charge in [-0.3, -0.25) is 4.79 Å². The topological polar surface area (TPSA) is 50.8 Å². The van der Waals surface area contributed by atoms with Crippen molar-refractivity contribution in [2.75, 3.05) is 44.9 Å². The minimum absolute atomic E-state index is 0.0407. The maximum absolute atomic E-state index is 12.1. The molecule has 0 radical (unpaired) electrons. The molecule has 0 fully saturated rings. The number of amides is 1. The fourth-order valence-corrected chi connectivity index (χ4v) is 2.37. The van der Waals surface area contributed by atoms with Gasteiger partial charge in [-0.1, -0.05) is 0 Å². The van der Waals surface area contributed by atoms with Crippen LogP contribution in [0.5, 0.6) is 0 Å². The van der Waals surface area contributed by atoms with E-state index in [0.29, 0.717) is 38.0 Å². The van der Waals surface area contributed by atoms with Crippen LogP contribution in [-0.4, -0.2) is 52.0 Å². The second-order valence-corrected chi connectivity index (χ2v) is 5.64. The van der Waals surface area contributed by atoms with Gasteiger partial charge in [-0.05, 0) is 51.5 Å². The number of nitrogens with one attached hydrogen (secondary N) is 1. The maximum Gasteiger partial charge on any atom is 0.251 e. The first-order valence-electron chi connectivity index (χ1n) is 8.31. The molecular weight excluding hydrogens is 292 g/mol. The molecule has 0 unspecified atom stereocenters. The number of methoxy groups -OCH3 is 1. The lowest BCUT2D eigenvalue weighted by Crippen LogP contribution is -2.30. The third-order valence-corrected chi connectivity index (χ3v) is 3.61. The van der Waals surface area contributed by atoms with Crippen molar-refractivity contribution in [3.63, 3.8) is 0 Å². The lowest BCUT2D eigenvalue weighted by Gasteiger charge is -2.27. The molecule has 0 saturated carbocycles. The van der Waals surface area contributed by atoms with Crippen molar-refractivity contribution in [2.45, 2.75) is 33.2 Å². The molecule has 0 aliphatic rings. The summed E-state index contributed by atoms with van der Waals surface area (Å²) in [5.74, 6) is -0.0407. The summed E-state index contributed by atoms with van der Waals surface area (Å²) >= 11 is 0. The van der Waals surface area contributed by atoms with Gasteiger partial charge >= 0.3 is 0 Å². The van der Waals surface area contributed by atoms with Gasteiger partial charge in [0, 0.05) is 44.1 Å². The summed E-state index contributed by atoms with van der Waals surface area (Å²) in [5, 5.41) is 2.91. The van der Waals surface area contributed by atoms with Crippen molar-refractivity contribution in [1.82, 2.24) is 5.32 Å². The molecule has 0 bridgehead atoms. The summed E-state index contributed by atoms with van der Waals surface area (Å²) in [6, 6.07) is 8.21. The van der Waals surface area contributed by atoms with Gasteiger partial charge in [0.25, 0.3) is 5.91 Å². The van der Waals surface area contributed by atoms with Crippen LogP contribution in [0, 0.1) is 0 Å². The largest absolute Gasteiger partial charge is 0.382 e. The Labute approximate surface area is 140 Å². The quantitative estimate of drug-likeness (QED) is 0.637. The predicted octanol–water partition coefficient (Wildman–Crippen LogP) is 2.70. The number of anilines is 1. The van der Waals surface area contributed by atoms with E-state index < -0.39 is 0 Å². The lowest BCUT2D eigenvalue weighted by molar-refractivity contribution is 0.0688. The van der Waals surface area contributed by atoms with Crippen molar-refractivity contribution in [1.29, 1.82) is 0 Å². The number of carbonyl (C=O) groups is 1. The average molecular weight is 322 g/mol. The summed E-state index contributed by atoms with van der Waals surface area (Å²) in [7, 11) is 1.65. The highest BCUT2D eigenvalue weighted by Gasteiger charge is 2.10. The Morgan fingerprint density at radius 3 is 2.43 bits per heavy atom. The van der Waals surface area contributed by atoms with Gasteiger partial charge in [0.15, 0.2) is 0 Å². The Morgan fingerprint density at radius 2 is 1.87 bits per heavy atom. The highest BCUT2D eigenvalue weighted by Crippen LogP contribution is 2.17. The van der Waals surface area contributed by atoms with E-state index in [1.54, 1.807) is 7.11 Å². The van der Waals surface area contributed by atoms with Crippen LogP contribution in [-0.2, 0) is 9.47 Å². The molecule has 0 aromatic heterocycles. The molecule has 5 heteroatoms. The fourth-order valence-electron chi connectivity index (χ4n) is 2.37. The summed E-state index contributed by atoms with van der Waals surface area (Å²) in [6.07, 6.45) is 0.796. The molecule has 1 amide bonds. The zero-order chi connectivity index (χ0) is 17.1. The molecule has 1 aromatic carbocycles. The minimum atomic E-state index is -0.0407. The highest BCUT2D eigenvalue weighted by atomic mass is 16.5. The van der Waals surface area contributed by atoms with Gasteiger partial charge in [0.2, 0.25) is 0 Å². The third-order valence-electron chi connectivity index (χ3n) is 3.61. The monoisotopic (exact) mass is 322 g/mol. The van der Waals surface area contributed by atoms with Gasteiger partial charge < -0.3 is 19.7 Å². The third kappa shape index (κ3) is 7.01. The van der Waals surface area contributed by atoms with Crippen LogP contribution in [0.3, 0.4) is 0 Å². The number of nitrogens with zero attached hydrogens (tertiary/aromatic N) is 1. The Balaban J connectivity index is 2.36. The summed E-state index contributed by atoms with van der Waals surface area (Å²) < 4.78 is 10.3. The maximum atomic E-state index is 12.1. The van der Waals surface area contributed by atoms with E-state index in [0.717, 1.165) is 18.7 Å². The summed E-state index contributed by atoms with van der Waals surface area (Å²) in [6.45, 7) is 9.85. The number of rotatable bonds is 11. The molecule has 1 N–H and O–H groups in total. The van der Waals surface area contributed by atoms with E-state index >= 15 is 0 Å². The van der Waals surface area contributed by atoms with Crippen molar-refractivity contribution in [2.24, 2.45) is 0 Å². The first-order valence-corrected chi connectivity index (χ1v) is 8.31. The van der Waals surface area contributed by atoms with E-state index in [1.807, 2.05) is 24.3 Å². The zero-order valence-corrected chi connectivity index (χ0v) is 14.8. The number of benzene rings is 1. The number of carbonyl (C=O) groups excluding carboxylic acids is 1. The van der Waals surface area contributed by atoms with E-state index in [9.17, 15) is 4.79 Å². The van der Waals surface area contributed by atoms with Crippen molar-refractivity contribution < 1.29 is 14.3 Å². The molecule has 0 aliphatic carbocycles. The molecule has 0 heterocycles. The van der Waals surface area contributed by atoms with Crippen LogP contribution in [0.1, 0.15) is 37.6 Å². The molecule has 130 valence electrons. The molecule has 0 spiro atoms. The molecule has 1 rings (SSSR count). The SMILES string of the molecule is CCN(c1ccc(C(=O)NCCCOCCOC)cc1)C(C)C. The second-order valence-electron chi connectivity index (χ2n) is 5.64. The van der Waals surface area contributed by atoms with Crippen molar-refractivity contribution in [3.05, 3.63) is 29.8 Å². The zero-order valence-electron chi connectivity index (χ0n) is 14.8. The van der Waals surface area contributed by atoms with Gasteiger partial charge in [-0.15, -0.1) is 0 Å². The Kier molecular flexibility index (Phi) is 9.33.